The van der Waals surface area contributed by atoms with Crippen molar-refractivity contribution in [2.75, 3.05) is 37.6 Å². The van der Waals surface area contributed by atoms with Crippen LogP contribution in [0.5, 0.6) is 11.8 Å². The number of nitrogens with zero attached hydrogens (tertiary/aromatic N) is 5. The second-order valence-electron chi connectivity index (χ2n) is 12.2. The van der Waals surface area contributed by atoms with Gasteiger partial charge in [-0.25, -0.2) is 8.78 Å². The second-order valence-corrected chi connectivity index (χ2v) is 12.2. The Morgan fingerprint density at radius 2 is 2.05 bits per heavy atom. The maximum absolute atomic E-state index is 15.0. The molecule has 2 bridgehead atoms. The van der Waals surface area contributed by atoms with Crippen molar-refractivity contribution < 1.29 is 22.7 Å². The third kappa shape index (κ3) is 4.31. The van der Waals surface area contributed by atoms with E-state index in [0.717, 1.165) is 12.8 Å². The highest BCUT2D eigenvalue weighted by atomic mass is 19.1. The zero-order valence-electron chi connectivity index (χ0n) is 26.8. The average Bonchev–Trinajstić information content (AvgIpc) is 3.60. The Bertz CT molecular complexity index is 2060. The number of benzene rings is 2. The Kier molecular flexibility index (Phi) is 5.55. The number of halogens is 2. The highest BCUT2D eigenvalue weighted by Crippen LogP contribution is 2.40. The number of alkyl halides is 1. The summed E-state index contributed by atoms with van der Waals surface area (Å²) in [5.41, 5.74) is -1.52. The third-order valence-electron chi connectivity index (χ3n) is 9.45. The van der Waals surface area contributed by atoms with Crippen LogP contribution in [0.3, 0.4) is 0 Å². The zero-order valence-corrected chi connectivity index (χ0v) is 23.8. The zero-order chi connectivity index (χ0) is 32.9. The molecule has 4 aromatic rings. The van der Waals surface area contributed by atoms with Crippen LogP contribution < -0.4 is 20.5 Å². The van der Waals surface area contributed by atoms with Crippen molar-refractivity contribution in [3.8, 4) is 29.8 Å². The molecule has 2 aromatic heterocycles. The number of hydrogen-bond acceptors (Lipinski definition) is 8. The first-order chi connectivity index (χ1) is 22.4. The van der Waals surface area contributed by atoms with Crippen LogP contribution >= 0.6 is 0 Å². The molecule has 44 heavy (non-hydrogen) atoms. The van der Waals surface area contributed by atoms with E-state index in [1.807, 2.05) is 0 Å². The topological polar surface area (TPSA) is 95.8 Å². The first kappa shape index (κ1) is 24.1. The smallest absolute Gasteiger partial charge is 0.319 e. The number of piperazine rings is 1. The van der Waals surface area contributed by atoms with Crippen molar-refractivity contribution in [3.63, 3.8) is 0 Å². The number of nitrogens with one attached hydrogen (secondary N) is 1. The molecule has 226 valence electrons. The Morgan fingerprint density at radius 3 is 2.84 bits per heavy atom. The summed E-state index contributed by atoms with van der Waals surface area (Å²) in [5.74, 6) is 2.08. The quantitative estimate of drug-likeness (QED) is 0.335. The van der Waals surface area contributed by atoms with Gasteiger partial charge in [-0.3, -0.25) is 14.3 Å². The number of ether oxygens (including phenoxy) is 1. The first-order valence-electron chi connectivity index (χ1n) is 16.3. The van der Waals surface area contributed by atoms with E-state index in [-0.39, 0.29) is 78.4 Å². The molecule has 6 heterocycles. The van der Waals surface area contributed by atoms with Crippen LogP contribution in [0, 0.1) is 18.2 Å². The van der Waals surface area contributed by atoms with Crippen LogP contribution in [0.25, 0.3) is 27.4 Å². The SMILES string of the molecule is [2H]C1([2H])CC[C@@]2(COc3nc(N4C[C@H]5CC[C@@H](C4)N5)c4ccn(-c5cc(O)cc6ccc(F)c(C#C)c56)c(=O)c4n3)C[C@@]([2H])(F)CN12. The summed E-state index contributed by atoms with van der Waals surface area (Å²) in [6, 6.07) is 7.54. The van der Waals surface area contributed by atoms with Gasteiger partial charge in [-0.05, 0) is 55.8 Å². The normalized spacial score (nSPS) is 30.2. The van der Waals surface area contributed by atoms with E-state index in [0.29, 0.717) is 29.7 Å². The molecule has 9 nitrogen and oxygen atoms in total. The molecule has 0 saturated carbocycles. The van der Waals surface area contributed by atoms with Gasteiger partial charge < -0.3 is 20.1 Å². The molecule has 0 aliphatic carbocycles. The van der Waals surface area contributed by atoms with Gasteiger partial charge in [-0.1, -0.05) is 12.0 Å². The van der Waals surface area contributed by atoms with E-state index in [1.54, 1.807) is 6.07 Å². The molecule has 2 N–H and O–H groups in total. The highest BCUT2D eigenvalue weighted by Gasteiger charge is 2.49. The van der Waals surface area contributed by atoms with E-state index in [9.17, 15) is 18.7 Å². The summed E-state index contributed by atoms with van der Waals surface area (Å²) < 4.78 is 62.1. The second kappa shape index (κ2) is 10.1. The molecule has 0 spiro atoms. The largest absolute Gasteiger partial charge is 0.508 e. The maximum atomic E-state index is 15.0. The lowest BCUT2D eigenvalue weighted by Gasteiger charge is -2.34. The Labute approximate surface area is 256 Å². The van der Waals surface area contributed by atoms with Crippen LogP contribution in [-0.4, -0.2) is 81.0 Å². The molecular formula is C33H32F2N6O3. The molecule has 4 atom stereocenters. The standard InChI is InChI=1S/C33H32F2N6O3/c1-2-24-26(35)7-4-19-12-23(42)13-27(28(19)24)41-11-8-25-29(31(41)43)37-32(38-30(25)39-16-21-5-6-22(17-39)36-21)44-18-33-9-3-10-40(33)15-20(34)14-33/h1,4,7-8,11-13,20-22,36,42H,3,5-6,9-10,14-18H2/t20-,21-,22+,33+/m1/s1/i10D2,20D. The number of rotatable bonds is 5. The van der Waals surface area contributed by atoms with Crippen molar-refractivity contribution >= 4 is 27.5 Å². The number of phenols is 1. The summed E-state index contributed by atoms with van der Waals surface area (Å²) in [6.45, 7) is -1.04. The van der Waals surface area contributed by atoms with Crippen molar-refractivity contribution in [2.45, 2.75) is 55.9 Å². The van der Waals surface area contributed by atoms with Gasteiger partial charge in [0.15, 0.2) is 0 Å². The molecule has 4 saturated heterocycles. The van der Waals surface area contributed by atoms with Gasteiger partial charge in [-0.15, -0.1) is 6.42 Å². The molecule has 0 unspecified atom stereocenters. The van der Waals surface area contributed by atoms with Crippen molar-refractivity contribution in [1.29, 1.82) is 0 Å². The van der Waals surface area contributed by atoms with Gasteiger partial charge in [0.25, 0.3) is 5.56 Å². The molecule has 8 rings (SSSR count). The Hall–Kier alpha value is -4.27. The molecule has 4 aliphatic rings. The lowest BCUT2D eigenvalue weighted by atomic mass is 9.95. The third-order valence-corrected chi connectivity index (χ3v) is 9.45. The minimum absolute atomic E-state index is 0.0105. The lowest BCUT2D eigenvalue weighted by molar-refractivity contribution is 0.107. The molecule has 0 radical (unpaired) electrons. The number of pyridine rings is 1. The minimum atomic E-state index is -2.33. The fourth-order valence-electron chi connectivity index (χ4n) is 7.40. The van der Waals surface area contributed by atoms with Gasteiger partial charge in [0.05, 0.1) is 23.5 Å². The number of hydrogen-bond donors (Lipinski definition) is 2. The van der Waals surface area contributed by atoms with Crippen molar-refractivity contribution in [2.24, 2.45) is 0 Å². The van der Waals surface area contributed by atoms with E-state index >= 15 is 0 Å². The Balaban J connectivity index is 1.27. The molecule has 2 aromatic carbocycles. The lowest BCUT2D eigenvalue weighted by Crippen LogP contribution is -2.51. The van der Waals surface area contributed by atoms with E-state index in [1.165, 1.54) is 39.9 Å². The fourth-order valence-corrected chi connectivity index (χ4v) is 7.40. The first-order valence-corrected chi connectivity index (χ1v) is 14.8. The summed E-state index contributed by atoms with van der Waals surface area (Å²) in [4.78, 5) is 27.1. The highest BCUT2D eigenvalue weighted by molar-refractivity contribution is 5.97. The van der Waals surface area contributed by atoms with Gasteiger partial charge >= 0.3 is 6.01 Å². The van der Waals surface area contributed by atoms with Crippen LogP contribution in [0.2, 0.25) is 0 Å². The van der Waals surface area contributed by atoms with E-state index in [2.05, 4.69) is 21.1 Å². The molecular weight excluding hydrogens is 566 g/mol. The predicted molar refractivity (Wildman–Crippen MR) is 163 cm³/mol. The van der Waals surface area contributed by atoms with Crippen LogP contribution in [0.1, 0.15) is 41.8 Å². The van der Waals surface area contributed by atoms with Crippen molar-refractivity contribution in [1.82, 2.24) is 24.8 Å². The summed E-state index contributed by atoms with van der Waals surface area (Å²) >= 11 is 0. The number of aromatic hydroxyl groups is 1. The number of phenolic OH excluding ortho intramolecular Hbond substituents is 1. The maximum Gasteiger partial charge on any atom is 0.319 e. The molecule has 0 amide bonds. The van der Waals surface area contributed by atoms with Gasteiger partial charge in [-0.2, -0.15) is 9.97 Å². The summed E-state index contributed by atoms with van der Waals surface area (Å²) in [7, 11) is 0. The monoisotopic (exact) mass is 601 g/mol. The molecule has 4 aliphatic heterocycles. The van der Waals surface area contributed by atoms with E-state index in [4.69, 9.17) is 20.3 Å². The van der Waals surface area contributed by atoms with Crippen LogP contribution in [0.4, 0.5) is 14.6 Å². The van der Waals surface area contributed by atoms with Gasteiger partial charge in [0.1, 0.15) is 35.7 Å². The van der Waals surface area contributed by atoms with Crippen LogP contribution in [0.15, 0.2) is 41.3 Å². The van der Waals surface area contributed by atoms with Gasteiger partial charge in [0.2, 0.25) is 0 Å². The van der Waals surface area contributed by atoms with Crippen LogP contribution in [-0.2, 0) is 0 Å². The number of terminal acetylenes is 1. The fraction of sp³-hybridized carbons (Fsp3) is 0.424. The van der Waals surface area contributed by atoms with Gasteiger partial charge in [0, 0.05) is 58.5 Å². The minimum Gasteiger partial charge on any atom is -0.508 e. The predicted octanol–water partition coefficient (Wildman–Crippen LogP) is 3.66. The summed E-state index contributed by atoms with van der Waals surface area (Å²) in [5, 5.41) is 15.3. The van der Waals surface area contributed by atoms with Crippen molar-refractivity contribution in [3.05, 3.63) is 58.3 Å². The molecule has 11 heteroatoms. The Morgan fingerprint density at radius 1 is 1.23 bits per heavy atom. The molecule has 4 fully saturated rings. The number of fused-ring (bicyclic) bond motifs is 5. The summed E-state index contributed by atoms with van der Waals surface area (Å²) in [6.07, 6.45) is 7.13. The number of anilines is 1. The average molecular weight is 602 g/mol. The van der Waals surface area contributed by atoms with E-state index < -0.39 is 29.6 Å². The number of aromatic nitrogens is 3.